The zero-order chi connectivity index (χ0) is 12.8. The van der Waals surface area contributed by atoms with Crippen LogP contribution in [-0.4, -0.2) is 11.7 Å². The first-order valence-electron chi connectivity index (χ1n) is 5.65. The second-order valence-electron chi connectivity index (χ2n) is 3.87. The molecule has 1 atom stereocenters. The molecule has 0 amide bonds. The number of hydrogen-bond acceptors (Lipinski definition) is 3. The van der Waals surface area contributed by atoms with Gasteiger partial charge in [-0.3, -0.25) is 0 Å². The number of nitrogens with zero attached hydrogens (tertiary/aromatic N) is 1. The van der Waals surface area contributed by atoms with Gasteiger partial charge in [-0.1, -0.05) is 30.3 Å². The van der Waals surface area contributed by atoms with Crippen molar-refractivity contribution < 1.29 is 9.84 Å². The molecule has 0 saturated carbocycles. The van der Waals surface area contributed by atoms with Gasteiger partial charge in [-0.15, -0.1) is 0 Å². The van der Waals surface area contributed by atoms with Crippen LogP contribution in [0.2, 0.25) is 0 Å². The molecule has 2 aromatic carbocycles. The maximum absolute atomic E-state index is 9.94. The molecule has 2 aromatic rings. The molecule has 0 unspecified atom stereocenters. The highest BCUT2D eigenvalue weighted by molar-refractivity contribution is 5.32. The Hall–Kier alpha value is -2.31. The molecule has 90 valence electrons. The van der Waals surface area contributed by atoms with Gasteiger partial charge in [0.1, 0.15) is 18.5 Å². The van der Waals surface area contributed by atoms with Crippen LogP contribution < -0.4 is 4.74 Å². The molecule has 0 aromatic heterocycles. The van der Waals surface area contributed by atoms with Gasteiger partial charge in [-0.2, -0.15) is 5.26 Å². The second kappa shape index (κ2) is 5.85. The lowest BCUT2D eigenvalue weighted by Crippen LogP contribution is -2.09. The summed E-state index contributed by atoms with van der Waals surface area (Å²) in [5, 5.41) is 18.6. The van der Waals surface area contributed by atoms with E-state index in [1.54, 1.807) is 24.3 Å². The van der Waals surface area contributed by atoms with Crippen molar-refractivity contribution in [3.8, 4) is 11.8 Å². The van der Waals surface area contributed by atoms with Gasteiger partial charge >= 0.3 is 0 Å². The van der Waals surface area contributed by atoms with Gasteiger partial charge in [0.15, 0.2) is 0 Å². The molecule has 0 bridgehead atoms. The van der Waals surface area contributed by atoms with Crippen LogP contribution in [-0.2, 0) is 0 Å². The fraction of sp³-hybridized carbons (Fsp3) is 0.133. The number of benzene rings is 2. The summed E-state index contributed by atoms with van der Waals surface area (Å²) >= 11 is 0. The topological polar surface area (TPSA) is 53.2 Å². The summed E-state index contributed by atoms with van der Waals surface area (Å²) in [7, 11) is 0. The Balaban J connectivity index is 1.95. The Morgan fingerprint density at radius 1 is 1.06 bits per heavy atom. The van der Waals surface area contributed by atoms with E-state index in [1.807, 2.05) is 36.4 Å². The van der Waals surface area contributed by atoms with Crippen LogP contribution in [0.3, 0.4) is 0 Å². The minimum absolute atomic E-state index is 0.190. The molecule has 3 nitrogen and oxygen atoms in total. The minimum Gasteiger partial charge on any atom is -0.491 e. The fourth-order valence-corrected chi connectivity index (χ4v) is 1.57. The number of rotatable bonds is 4. The summed E-state index contributed by atoms with van der Waals surface area (Å²) in [6.45, 7) is 0.190. The standard InChI is InChI=1S/C15H13NO2/c16-10-12-6-8-13(9-7-12)15(17)11-18-14-4-2-1-3-5-14/h1-9,15,17H,11H2/t15-/m1/s1. The number of ether oxygens (including phenoxy) is 1. The number of nitriles is 1. The summed E-state index contributed by atoms with van der Waals surface area (Å²) in [4.78, 5) is 0. The van der Waals surface area contributed by atoms with Gasteiger partial charge < -0.3 is 9.84 Å². The normalized spacial score (nSPS) is 11.6. The van der Waals surface area contributed by atoms with Gasteiger partial charge in [0.2, 0.25) is 0 Å². The Morgan fingerprint density at radius 2 is 1.72 bits per heavy atom. The van der Waals surface area contributed by atoms with Crippen LogP contribution in [0.4, 0.5) is 0 Å². The lowest BCUT2D eigenvalue weighted by atomic mass is 10.1. The SMILES string of the molecule is N#Cc1ccc([C@H](O)COc2ccccc2)cc1. The number of aliphatic hydroxyl groups is 1. The van der Waals surface area contributed by atoms with Crippen molar-refractivity contribution in [1.82, 2.24) is 0 Å². The van der Waals surface area contributed by atoms with E-state index in [0.29, 0.717) is 5.56 Å². The smallest absolute Gasteiger partial charge is 0.119 e. The molecule has 1 N–H and O–H groups in total. The average molecular weight is 239 g/mol. The number of para-hydroxylation sites is 1. The van der Waals surface area contributed by atoms with Crippen LogP contribution in [0.15, 0.2) is 54.6 Å². The predicted molar refractivity (Wildman–Crippen MR) is 68.1 cm³/mol. The monoisotopic (exact) mass is 239 g/mol. The van der Waals surface area contributed by atoms with Gasteiger partial charge in [-0.05, 0) is 29.8 Å². The maximum atomic E-state index is 9.94. The van der Waals surface area contributed by atoms with Gasteiger partial charge in [0, 0.05) is 0 Å². The highest BCUT2D eigenvalue weighted by atomic mass is 16.5. The van der Waals surface area contributed by atoms with E-state index >= 15 is 0 Å². The van der Waals surface area contributed by atoms with Crippen molar-refractivity contribution in [3.05, 3.63) is 65.7 Å². The highest BCUT2D eigenvalue weighted by Crippen LogP contribution is 2.16. The van der Waals surface area contributed by atoms with Crippen molar-refractivity contribution in [2.45, 2.75) is 6.10 Å². The van der Waals surface area contributed by atoms with E-state index in [9.17, 15) is 5.11 Å². The van der Waals surface area contributed by atoms with Gasteiger partial charge in [0.05, 0.1) is 11.6 Å². The fourth-order valence-electron chi connectivity index (χ4n) is 1.57. The molecule has 0 aliphatic carbocycles. The first-order chi connectivity index (χ1) is 8.79. The second-order valence-corrected chi connectivity index (χ2v) is 3.87. The summed E-state index contributed by atoms with van der Waals surface area (Å²) in [5.41, 5.74) is 1.32. The lowest BCUT2D eigenvalue weighted by Gasteiger charge is -2.12. The summed E-state index contributed by atoms with van der Waals surface area (Å²) in [6.07, 6.45) is -0.696. The molecule has 0 aliphatic heterocycles. The molecule has 0 fully saturated rings. The van der Waals surface area contributed by atoms with Crippen molar-refractivity contribution in [2.75, 3.05) is 6.61 Å². The molecule has 2 rings (SSSR count). The average Bonchev–Trinajstić information content (AvgIpc) is 2.46. The number of aliphatic hydroxyl groups excluding tert-OH is 1. The molecular formula is C15H13NO2. The third-order valence-corrected chi connectivity index (χ3v) is 2.58. The molecule has 3 heteroatoms. The molecule has 0 aliphatic rings. The van der Waals surface area contributed by atoms with E-state index < -0.39 is 6.10 Å². The van der Waals surface area contributed by atoms with E-state index in [0.717, 1.165) is 11.3 Å². The van der Waals surface area contributed by atoms with Crippen molar-refractivity contribution in [1.29, 1.82) is 5.26 Å². The Kier molecular flexibility index (Phi) is 3.95. The van der Waals surface area contributed by atoms with E-state index in [4.69, 9.17) is 10.00 Å². The largest absolute Gasteiger partial charge is 0.491 e. The molecule has 0 heterocycles. The summed E-state index contributed by atoms with van der Waals surface area (Å²) in [5.74, 6) is 0.727. The summed E-state index contributed by atoms with van der Waals surface area (Å²) in [6, 6.07) is 18.2. The number of hydrogen-bond donors (Lipinski definition) is 1. The van der Waals surface area contributed by atoms with E-state index in [1.165, 1.54) is 0 Å². The molecular weight excluding hydrogens is 226 g/mol. The van der Waals surface area contributed by atoms with Crippen molar-refractivity contribution >= 4 is 0 Å². The van der Waals surface area contributed by atoms with Crippen molar-refractivity contribution in [2.24, 2.45) is 0 Å². The van der Waals surface area contributed by atoms with Crippen molar-refractivity contribution in [3.63, 3.8) is 0 Å². The van der Waals surface area contributed by atoms with Crippen LogP contribution in [0, 0.1) is 11.3 Å². The first-order valence-corrected chi connectivity index (χ1v) is 5.65. The zero-order valence-corrected chi connectivity index (χ0v) is 9.78. The lowest BCUT2D eigenvalue weighted by molar-refractivity contribution is 0.108. The van der Waals surface area contributed by atoms with E-state index in [-0.39, 0.29) is 6.61 Å². The van der Waals surface area contributed by atoms with Crippen LogP contribution in [0.1, 0.15) is 17.2 Å². The third kappa shape index (κ3) is 3.09. The van der Waals surface area contributed by atoms with E-state index in [2.05, 4.69) is 0 Å². The minimum atomic E-state index is -0.696. The molecule has 18 heavy (non-hydrogen) atoms. The van der Waals surface area contributed by atoms with Crippen LogP contribution in [0.25, 0.3) is 0 Å². The Labute approximate surface area is 106 Å². The van der Waals surface area contributed by atoms with Crippen LogP contribution in [0.5, 0.6) is 5.75 Å². The zero-order valence-electron chi connectivity index (χ0n) is 9.78. The van der Waals surface area contributed by atoms with Gasteiger partial charge in [-0.25, -0.2) is 0 Å². The maximum Gasteiger partial charge on any atom is 0.119 e. The third-order valence-electron chi connectivity index (χ3n) is 2.58. The molecule has 0 saturated heterocycles. The van der Waals surface area contributed by atoms with Crippen LogP contribution >= 0.6 is 0 Å². The molecule has 0 radical (unpaired) electrons. The predicted octanol–water partition coefficient (Wildman–Crippen LogP) is 2.67. The quantitative estimate of drug-likeness (QED) is 0.892. The Morgan fingerprint density at radius 3 is 2.33 bits per heavy atom. The molecule has 0 spiro atoms. The Bertz CT molecular complexity index is 529. The van der Waals surface area contributed by atoms with Gasteiger partial charge in [0.25, 0.3) is 0 Å². The first kappa shape index (κ1) is 12.2. The summed E-state index contributed by atoms with van der Waals surface area (Å²) < 4.78 is 5.46. The highest BCUT2D eigenvalue weighted by Gasteiger charge is 2.08.